The quantitative estimate of drug-likeness (QED) is 0.912. The summed E-state index contributed by atoms with van der Waals surface area (Å²) in [6.45, 7) is 0.274. The summed E-state index contributed by atoms with van der Waals surface area (Å²) < 4.78 is 37.1. The zero-order chi connectivity index (χ0) is 14.8. The fourth-order valence-electron chi connectivity index (χ4n) is 1.72. The first-order valence-electron chi connectivity index (χ1n) is 5.70. The number of hydrogen-bond donors (Lipinski definition) is 1. The molecular formula is C13H12BrFN2O2S. The maximum Gasteiger partial charge on any atom is 0.179 e. The standard InChI is InChI=1S/C13H12BrFN2O2S/c1-20(18,19)12-3-2-4-16-13(12)17-8-9-5-10(14)7-11(15)6-9/h2-7H,8H2,1H3,(H,16,17). The molecule has 106 valence electrons. The van der Waals surface area contributed by atoms with Gasteiger partial charge in [0.15, 0.2) is 9.84 Å². The van der Waals surface area contributed by atoms with Crippen LogP contribution in [-0.4, -0.2) is 19.7 Å². The molecule has 0 aliphatic heterocycles. The van der Waals surface area contributed by atoms with Crippen LogP contribution in [0.5, 0.6) is 0 Å². The Bertz CT molecular complexity index is 715. The first-order valence-corrected chi connectivity index (χ1v) is 8.38. The number of pyridine rings is 1. The highest BCUT2D eigenvalue weighted by Gasteiger charge is 2.13. The summed E-state index contributed by atoms with van der Waals surface area (Å²) in [6, 6.07) is 7.51. The van der Waals surface area contributed by atoms with Crippen molar-refractivity contribution < 1.29 is 12.8 Å². The molecule has 0 saturated heterocycles. The second-order valence-electron chi connectivity index (χ2n) is 4.25. The topological polar surface area (TPSA) is 59.1 Å². The normalized spacial score (nSPS) is 11.3. The number of halogens is 2. The number of rotatable bonds is 4. The molecule has 0 bridgehead atoms. The number of sulfone groups is 1. The third-order valence-corrected chi connectivity index (χ3v) is 4.14. The van der Waals surface area contributed by atoms with Crippen molar-refractivity contribution in [3.63, 3.8) is 0 Å². The second-order valence-corrected chi connectivity index (χ2v) is 7.15. The van der Waals surface area contributed by atoms with Gasteiger partial charge < -0.3 is 5.32 Å². The lowest BCUT2D eigenvalue weighted by Gasteiger charge is -2.10. The Morgan fingerprint density at radius 3 is 2.75 bits per heavy atom. The SMILES string of the molecule is CS(=O)(=O)c1cccnc1NCc1cc(F)cc(Br)c1. The highest BCUT2D eigenvalue weighted by atomic mass is 79.9. The second kappa shape index (κ2) is 5.88. The molecule has 2 aromatic rings. The van der Waals surface area contributed by atoms with E-state index in [9.17, 15) is 12.8 Å². The monoisotopic (exact) mass is 358 g/mol. The average molecular weight is 359 g/mol. The molecule has 0 saturated carbocycles. The van der Waals surface area contributed by atoms with Gasteiger partial charge in [-0.3, -0.25) is 0 Å². The van der Waals surface area contributed by atoms with Crippen molar-refractivity contribution in [3.8, 4) is 0 Å². The predicted octanol–water partition coefficient (Wildman–Crippen LogP) is 3.00. The van der Waals surface area contributed by atoms with Crippen molar-refractivity contribution in [1.29, 1.82) is 0 Å². The average Bonchev–Trinajstić information content (AvgIpc) is 2.34. The summed E-state index contributed by atoms with van der Waals surface area (Å²) in [6.07, 6.45) is 2.62. The Balaban J connectivity index is 2.23. The fraction of sp³-hybridized carbons (Fsp3) is 0.154. The molecular weight excluding hydrogens is 347 g/mol. The molecule has 2 rings (SSSR count). The van der Waals surface area contributed by atoms with E-state index in [-0.39, 0.29) is 23.1 Å². The molecule has 0 amide bonds. The van der Waals surface area contributed by atoms with Gasteiger partial charge in [-0.15, -0.1) is 0 Å². The molecule has 0 atom stereocenters. The fourth-order valence-corrected chi connectivity index (χ4v) is 3.04. The molecule has 0 radical (unpaired) electrons. The van der Waals surface area contributed by atoms with Crippen LogP contribution >= 0.6 is 15.9 Å². The summed E-state index contributed by atoms with van der Waals surface area (Å²) in [5.41, 5.74) is 0.682. The van der Waals surface area contributed by atoms with Gasteiger partial charge in [-0.25, -0.2) is 17.8 Å². The minimum atomic E-state index is -3.36. The van der Waals surface area contributed by atoms with Gasteiger partial charge in [0.1, 0.15) is 16.5 Å². The summed E-state index contributed by atoms with van der Waals surface area (Å²) in [7, 11) is -3.36. The lowest BCUT2D eigenvalue weighted by atomic mass is 10.2. The zero-order valence-corrected chi connectivity index (χ0v) is 13.0. The molecule has 4 nitrogen and oxygen atoms in total. The third kappa shape index (κ3) is 3.77. The summed E-state index contributed by atoms with van der Waals surface area (Å²) in [4.78, 5) is 4.13. The van der Waals surface area contributed by atoms with Crippen LogP contribution in [0.25, 0.3) is 0 Å². The number of nitrogens with one attached hydrogen (secondary N) is 1. The zero-order valence-electron chi connectivity index (χ0n) is 10.6. The predicted molar refractivity (Wildman–Crippen MR) is 78.8 cm³/mol. The van der Waals surface area contributed by atoms with Crippen LogP contribution < -0.4 is 5.32 Å². The number of nitrogens with zero attached hydrogens (tertiary/aromatic N) is 1. The van der Waals surface area contributed by atoms with E-state index in [2.05, 4.69) is 26.2 Å². The highest BCUT2D eigenvalue weighted by Crippen LogP contribution is 2.20. The largest absolute Gasteiger partial charge is 0.365 e. The van der Waals surface area contributed by atoms with E-state index < -0.39 is 9.84 Å². The van der Waals surface area contributed by atoms with E-state index in [1.54, 1.807) is 12.1 Å². The van der Waals surface area contributed by atoms with Crippen LogP contribution in [0.3, 0.4) is 0 Å². The van der Waals surface area contributed by atoms with Crippen molar-refractivity contribution in [2.45, 2.75) is 11.4 Å². The number of hydrogen-bond acceptors (Lipinski definition) is 4. The van der Waals surface area contributed by atoms with Crippen molar-refractivity contribution in [2.24, 2.45) is 0 Å². The van der Waals surface area contributed by atoms with Crippen molar-refractivity contribution in [2.75, 3.05) is 11.6 Å². The minimum Gasteiger partial charge on any atom is -0.365 e. The molecule has 1 N–H and O–H groups in total. The molecule has 1 aromatic heterocycles. The summed E-state index contributed by atoms with van der Waals surface area (Å²) in [5.74, 6) is -0.101. The van der Waals surface area contributed by atoms with E-state index in [0.29, 0.717) is 10.0 Å². The Morgan fingerprint density at radius 2 is 2.10 bits per heavy atom. The van der Waals surface area contributed by atoms with Crippen LogP contribution in [0, 0.1) is 5.82 Å². The Morgan fingerprint density at radius 1 is 1.35 bits per heavy atom. The molecule has 0 spiro atoms. The van der Waals surface area contributed by atoms with Crippen LogP contribution in [-0.2, 0) is 16.4 Å². The molecule has 0 aliphatic rings. The van der Waals surface area contributed by atoms with Gasteiger partial charge in [0.05, 0.1) is 0 Å². The van der Waals surface area contributed by atoms with E-state index in [0.717, 1.165) is 6.26 Å². The van der Waals surface area contributed by atoms with E-state index in [1.165, 1.54) is 24.4 Å². The van der Waals surface area contributed by atoms with Gasteiger partial charge in [0.2, 0.25) is 0 Å². The molecule has 0 unspecified atom stereocenters. The van der Waals surface area contributed by atoms with Crippen molar-refractivity contribution in [3.05, 3.63) is 52.4 Å². The Labute approximate surface area is 125 Å². The minimum absolute atomic E-state index is 0.121. The lowest BCUT2D eigenvalue weighted by Crippen LogP contribution is -2.08. The molecule has 1 aromatic carbocycles. The summed E-state index contributed by atoms with van der Waals surface area (Å²) in [5, 5.41) is 2.91. The molecule has 1 heterocycles. The van der Waals surface area contributed by atoms with Crippen LogP contribution in [0.1, 0.15) is 5.56 Å². The molecule has 20 heavy (non-hydrogen) atoms. The van der Waals surface area contributed by atoms with Gasteiger partial charge in [-0.2, -0.15) is 0 Å². The Kier molecular flexibility index (Phi) is 4.39. The van der Waals surface area contributed by atoms with Gasteiger partial charge in [-0.1, -0.05) is 15.9 Å². The number of benzene rings is 1. The number of aromatic nitrogens is 1. The van der Waals surface area contributed by atoms with Gasteiger partial charge in [0, 0.05) is 23.5 Å². The molecule has 7 heteroatoms. The van der Waals surface area contributed by atoms with Gasteiger partial charge >= 0.3 is 0 Å². The van der Waals surface area contributed by atoms with Gasteiger partial charge in [-0.05, 0) is 35.9 Å². The summed E-state index contributed by atoms with van der Waals surface area (Å²) >= 11 is 3.21. The van der Waals surface area contributed by atoms with Crippen LogP contribution in [0.15, 0.2) is 45.9 Å². The number of anilines is 1. The van der Waals surface area contributed by atoms with E-state index >= 15 is 0 Å². The maximum atomic E-state index is 13.3. The van der Waals surface area contributed by atoms with Crippen molar-refractivity contribution >= 4 is 31.6 Å². The lowest BCUT2D eigenvalue weighted by molar-refractivity contribution is 0.601. The Hall–Kier alpha value is -1.47. The third-order valence-electron chi connectivity index (χ3n) is 2.55. The van der Waals surface area contributed by atoms with E-state index in [4.69, 9.17) is 0 Å². The molecule has 0 aliphatic carbocycles. The van der Waals surface area contributed by atoms with Crippen LogP contribution in [0.4, 0.5) is 10.2 Å². The smallest absolute Gasteiger partial charge is 0.179 e. The van der Waals surface area contributed by atoms with Crippen LogP contribution in [0.2, 0.25) is 0 Å². The molecule has 0 fully saturated rings. The van der Waals surface area contributed by atoms with Crippen molar-refractivity contribution in [1.82, 2.24) is 4.98 Å². The first-order chi connectivity index (χ1) is 9.36. The maximum absolute atomic E-state index is 13.3. The first kappa shape index (κ1) is 14.9. The van der Waals surface area contributed by atoms with E-state index in [1.807, 2.05) is 0 Å². The highest BCUT2D eigenvalue weighted by molar-refractivity contribution is 9.10. The van der Waals surface area contributed by atoms with Gasteiger partial charge in [0.25, 0.3) is 0 Å².